The standard InChI is InChI=1S/C12H11ClFN3/c1-15-12(10-5-6-16-7-17-10)11-8(13)3-2-4-9(11)14/h2-7,12,15H,1H3. The van der Waals surface area contributed by atoms with Crippen molar-refractivity contribution in [3.05, 3.63) is 58.9 Å². The smallest absolute Gasteiger partial charge is 0.129 e. The maximum atomic E-state index is 13.8. The van der Waals surface area contributed by atoms with Crippen molar-refractivity contribution in [2.24, 2.45) is 0 Å². The topological polar surface area (TPSA) is 37.8 Å². The summed E-state index contributed by atoms with van der Waals surface area (Å²) in [5, 5.41) is 3.38. The Balaban J connectivity index is 2.50. The van der Waals surface area contributed by atoms with Gasteiger partial charge in [0, 0.05) is 16.8 Å². The molecule has 1 heterocycles. The van der Waals surface area contributed by atoms with Crippen LogP contribution in [0.3, 0.4) is 0 Å². The van der Waals surface area contributed by atoms with Crippen molar-refractivity contribution in [2.75, 3.05) is 7.05 Å². The first-order valence-corrected chi connectivity index (χ1v) is 5.49. The fourth-order valence-corrected chi connectivity index (χ4v) is 1.97. The van der Waals surface area contributed by atoms with E-state index < -0.39 is 0 Å². The van der Waals surface area contributed by atoms with E-state index in [0.717, 1.165) is 0 Å². The molecule has 0 radical (unpaired) electrons. The summed E-state index contributed by atoms with van der Waals surface area (Å²) in [7, 11) is 1.73. The van der Waals surface area contributed by atoms with Gasteiger partial charge in [0.2, 0.25) is 0 Å². The van der Waals surface area contributed by atoms with E-state index >= 15 is 0 Å². The van der Waals surface area contributed by atoms with Crippen molar-refractivity contribution in [3.8, 4) is 0 Å². The van der Waals surface area contributed by atoms with Crippen LogP contribution in [0.1, 0.15) is 17.3 Å². The van der Waals surface area contributed by atoms with Crippen molar-refractivity contribution in [1.82, 2.24) is 15.3 Å². The Labute approximate surface area is 104 Å². The van der Waals surface area contributed by atoms with Crippen LogP contribution in [0, 0.1) is 5.82 Å². The highest BCUT2D eigenvalue weighted by Gasteiger charge is 2.20. The summed E-state index contributed by atoms with van der Waals surface area (Å²) in [5.41, 5.74) is 1.07. The predicted molar refractivity (Wildman–Crippen MR) is 64.3 cm³/mol. The molecule has 1 unspecified atom stereocenters. The maximum Gasteiger partial charge on any atom is 0.129 e. The molecule has 1 aromatic heterocycles. The van der Waals surface area contributed by atoms with E-state index in [0.29, 0.717) is 16.3 Å². The zero-order valence-electron chi connectivity index (χ0n) is 9.19. The van der Waals surface area contributed by atoms with E-state index in [1.54, 1.807) is 31.4 Å². The summed E-state index contributed by atoms with van der Waals surface area (Å²) >= 11 is 6.03. The first-order chi connectivity index (χ1) is 8.24. The highest BCUT2D eigenvalue weighted by atomic mass is 35.5. The second kappa shape index (κ2) is 5.21. The highest BCUT2D eigenvalue weighted by Crippen LogP contribution is 2.29. The van der Waals surface area contributed by atoms with Gasteiger partial charge in [0.15, 0.2) is 0 Å². The zero-order valence-corrected chi connectivity index (χ0v) is 9.95. The SMILES string of the molecule is CNC(c1ccncn1)c1c(F)cccc1Cl. The fraction of sp³-hybridized carbons (Fsp3) is 0.167. The minimum Gasteiger partial charge on any atom is -0.308 e. The van der Waals surface area contributed by atoms with Gasteiger partial charge in [-0.15, -0.1) is 0 Å². The third-order valence-corrected chi connectivity index (χ3v) is 2.81. The van der Waals surface area contributed by atoms with Crippen molar-refractivity contribution < 1.29 is 4.39 Å². The molecule has 0 spiro atoms. The van der Waals surface area contributed by atoms with Crippen molar-refractivity contribution in [2.45, 2.75) is 6.04 Å². The first-order valence-electron chi connectivity index (χ1n) is 5.11. The molecule has 0 aliphatic rings. The first kappa shape index (κ1) is 12.0. The fourth-order valence-electron chi connectivity index (χ4n) is 1.70. The van der Waals surface area contributed by atoms with E-state index in [-0.39, 0.29) is 11.9 Å². The van der Waals surface area contributed by atoms with Crippen LogP contribution in [0.4, 0.5) is 4.39 Å². The molecule has 0 bridgehead atoms. The second-order valence-corrected chi connectivity index (χ2v) is 3.90. The molecule has 1 aromatic carbocycles. The summed E-state index contributed by atoms with van der Waals surface area (Å²) < 4.78 is 13.8. The van der Waals surface area contributed by atoms with E-state index in [1.165, 1.54) is 12.4 Å². The van der Waals surface area contributed by atoms with Crippen molar-refractivity contribution >= 4 is 11.6 Å². The molecule has 2 rings (SSSR count). The van der Waals surface area contributed by atoms with Gasteiger partial charge in [0.1, 0.15) is 12.1 Å². The summed E-state index contributed by atoms with van der Waals surface area (Å²) in [5.74, 6) is -0.351. The van der Waals surface area contributed by atoms with Gasteiger partial charge >= 0.3 is 0 Å². The number of nitrogens with one attached hydrogen (secondary N) is 1. The molecule has 1 atom stereocenters. The Kier molecular flexibility index (Phi) is 3.66. The molecule has 0 aliphatic carbocycles. The lowest BCUT2D eigenvalue weighted by Gasteiger charge is -2.17. The van der Waals surface area contributed by atoms with Gasteiger partial charge in [-0.1, -0.05) is 17.7 Å². The Morgan fingerprint density at radius 3 is 2.76 bits per heavy atom. The van der Waals surface area contributed by atoms with Crippen LogP contribution in [0.5, 0.6) is 0 Å². The van der Waals surface area contributed by atoms with Gasteiger partial charge in [-0.2, -0.15) is 0 Å². The lowest BCUT2D eigenvalue weighted by atomic mass is 10.0. The number of rotatable bonds is 3. The number of halogens is 2. The molecular formula is C12H11ClFN3. The largest absolute Gasteiger partial charge is 0.308 e. The van der Waals surface area contributed by atoms with Gasteiger partial charge in [0.25, 0.3) is 0 Å². The van der Waals surface area contributed by atoms with Crippen molar-refractivity contribution in [3.63, 3.8) is 0 Å². The average Bonchev–Trinajstić information content (AvgIpc) is 2.35. The molecule has 2 aromatic rings. The molecule has 0 saturated heterocycles. The van der Waals surface area contributed by atoms with Crippen LogP contribution in [-0.4, -0.2) is 17.0 Å². The van der Waals surface area contributed by atoms with Gasteiger partial charge < -0.3 is 5.32 Å². The third-order valence-electron chi connectivity index (χ3n) is 2.48. The van der Waals surface area contributed by atoms with Gasteiger partial charge in [0.05, 0.1) is 11.7 Å². The number of benzene rings is 1. The minimum atomic E-state index is -0.383. The molecule has 5 heteroatoms. The lowest BCUT2D eigenvalue weighted by Crippen LogP contribution is -2.20. The van der Waals surface area contributed by atoms with Crippen LogP contribution < -0.4 is 5.32 Å². The highest BCUT2D eigenvalue weighted by molar-refractivity contribution is 6.31. The van der Waals surface area contributed by atoms with Gasteiger partial charge in [-0.05, 0) is 25.2 Å². The number of hydrogen-bond acceptors (Lipinski definition) is 3. The summed E-state index contributed by atoms with van der Waals surface area (Å²) in [6, 6.07) is 5.96. The Morgan fingerprint density at radius 2 is 2.18 bits per heavy atom. The third kappa shape index (κ3) is 2.43. The summed E-state index contributed by atoms with van der Waals surface area (Å²) in [6.07, 6.45) is 3.04. The Morgan fingerprint density at radius 1 is 1.35 bits per heavy atom. The molecule has 0 amide bonds. The molecule has 3 nitrogen and oxygen atoms in total. The number of aromatic nitrogens is 2. The van der Waals surface area contributed by atoms with Crippen LogP contribution in [0.15, 0.2) is 36.8 Å². The Bertz CT molecular complexity index is 484. The summed E-state index contributed by atoms with van der Waals surface area (Å²) in [4.78, 5) is 7.94. The molecule has 0 fully saturated rings. The maximum absolute atomic E-state index is 13.8. The van der Waals surface area contributed by atoms with E-state index in [1.807, 2.05) is 0 Å². The van der Waals surface area contributed by atoms with Crippen LogP contribution in [0.25, 0.3) is 0 Å². The zero-order chi connectivity index (χ0) is 12.3. The molecule has 0 saturated carbocycles. The average molecular weight is 252 g/mol. The van der Waals surface area contributed by atoms with Gasteiger partial charge in [-0.3, -0.25) is 0 Å². The molecular weight excluding hydrogens is 241 g/mol. The van der Waals surface area contributed by atoms with Gasteiger partial charge in [-0.25, -0.2) is 14.4 Å². The monoisotopic (exact) mass is 251 g/mol. The molecule has 1 N–H and O–H groups in total. The minimum absolute atomic E-state index is 0.351. The van der Waals surface area contributed by atoms with E-state index in [9.17, 15) is 4.39 Å². The van der Waals surface area contributed by atoms with E-state index in [4.69, 9.17) is 11.6 Å². The summed E-state index contributed by atoms with van der Waals surface area (Å²) in [6.45, 7) is 0. The van der Waals surface area contributed by atoms with Crippen LogP contribution in [-0.2, 0) is 0 Å². The predicted octanol–water partition coefficient (Wildman–Crippen LogP) is 2.58. The number of hydrogen-bond donors (Lipinski definition) is 1. The molecule has 88 valence electrons. The molecule has 0 aliphatic heterocycles. The lowest BCUT2D eigenvalue weighted by molar-refractivity contribution is 0.570. The van der Waals surface area contributed by atoms with Crippen molar-refractivity contribution in [1.29, 1.82) is 0 Å². The van der Waals surface area contributed by atoms with E-state index in [2.05, 4.69) is 15.3 Å². The molecule has 17 heavy (non-hydrogen) atoms. The number of nitrogens with zero attached hydrogens (tertiary/aromatic N) is 2. The van der Waals surface area contributed by atoms with Crippen LogP contribution >= 0.6 is 11.6 Å². The normalized spacial score (nSPS) is 12.4. The van der Waals surface area contributed by atoms with Crippen LogP contribution in [0.2, 0.25) is 5.02 Å². The Hall–Kier alpha value is -1.52. The second-order valence-electron chi connectivity index (χ2n) is 3.49. The quantitative estimate of drug-likeness (QED) is 0.911.